The molecule has 0 radical (unpaired) electrons. The summed E-state index contributed by atoms with van der Waals surface area (Å²) in [6.45, 7) is 10.2. The fraction of sp³-hybridized carbons (Fsp3) is 0.250. The second kappa shape index (κ2) is 6.14. The van der Waals surface area contributed by atoms with Crippen LogP contribution in [0, 0.1) is 0 Å². The monoisotopic (exact) mass is 381 g/mol. The summed E-state index contributed by atoms with van der Waals surface area (Å²) in [6.07, 6.45) is 0. The zero-order valence-corrected chi connectivity index (χ0v) is 15.7. The molecule has 0 nitrogen and oxygen atoms in total. The van der Waals surface area contributed by atoms with E-state index in [9.17, 15) is 0 Å². The molecule has 0 aliphatic carbocycles. The molecule has 0 aliphatic rings. The molecule has 0 amide bonds. The molecule has 0 saturated carbocycles. The molecule has 0 saturated heterocycles. The minimum atomic E-state index is -1.27. The van der Waals surface area contributed by atoms with Crippen molar-refractivity contribution in [3.63, 3.8) is 0 Å². The molecule has 107 valence electrons. The van der Waals surface area contributed by atoms with Gasteiger partial charge < -0.3 is 0 Å². The Balaban J connectivity index is 2.25. The predicted molar refractivity (Wildman–Crippen MR) is 92.5 cm³/mol. The van der Waals surface area contributed by atoms with Gasteiger partial charge in [-0.2, -0.15) is 0 Å². The van der Waals surface area contributed by atoms with Gasteiger partial charge in [-0.3, -0.25) is 0 Å². The maximum absolute atomic E-state index is 2.55. The van der Waals surface area contributed by atoms with Crippen LogP contribution in [-0.2, 0) is 16.2 Å². The summed E-state index contributed by atoms with van der Waals surface area (Å²) in [5.74, 6) is 0. The Bertz CT molecular complexity index is 471. The van der Waals surface area contributed by atoms with E-state index in [2.05, 4.69) is 87.3 Å². The summed E-state index contributed by atoms with van der Waals surface area (Å²) in [7, 11) is 0. The van der Waals surface area contributed by atoms with Gasteiger partial charge in [0.05, 0.1) is 0 Å². The van der Waals surface area contributed by atoms with Gasteiger partial charge in [0.1, 0.15) is 0 Å². The molecule has 0 heterocycles. The fourth-order valence-corrected chi connectivity index (χ4v) is 38.1. The Morgan fingerprint density at radius 3 is 1.21 bits per heavy atom. The molecule has 0 N–H and O–H groups in total. The Labute approximate surface area is 125 Å². The number of benzene rings is 2. The van der Waals surface area contributed by atoms with E-state index in [0.29, 0.717) is 16.2 Å². The van der Waals surface area contributed by atoms with Crippen LogP contribution >= 0.6 is 11.2 Å². The summed E-state index contributed by atoms with van der Waals surface area (Å²) < 4.78 is 0. The molecule has 0 aromatic heterocycles. The van der Waals surface area contributed by atoms with E-state index < -0.39 is 11.2 Å². The molecule has 0 spiro atoms. The van der Waals surface area contributed by atoms with Crippen molar-refractivity contribution in [1.82, 2.24) is 0 Å². The molecule has 2 aromatic rings. The standard InChI is InChI=1S/2C8H11P.Rh/c2*1-9(2)8-6-4-3-5-7-8;/h2*3-7H,1-2H3;/q;;-2/p+2. The van der Waals surface area contributed by atoms with Crippen LogP contribution in [0.1, 0.15) is 0 Å². The van der Waals surface area contributed by atoms with Gasteiger partial charge in [-0.1, -0.05) is 0 Å². The quantitative estimate of drug-likeness (QED) is 0.561. The van der Waals surface area contributed by atoms with Crippen LogP contribution in [0.25, 0.3) is 0 Å². The van der Waals surface area contributed by atoms with Crippen molar-refractivity contribution in [3.8, 4) is 0 Å². The molecule has 0 bridgehead atoms. The first-order valence-electron chi connectivity index (χ1n) is 6.65. The van der Waals surface area contributed by atoms with Gasteiger partial charge in [-0.25, -0.2) is 0 Å². The fourth-order valence-electron chi connectivity index (χ4n) is 2.27. The molecule has 0 aliphatic heterocycles. The van der Waals surface area contributed by atoms with E-state index >= 15 is 0 Å². The second-order valence-corrected chi connectivity index (χ2v) is 29.1. The summed E-state index contributed by atoms with van der Waals surface area (Å²) >= 11 is 0.674. The van der Waals surface area contributed by atoms with Crippen LogP contribution in [0.2, 0.25) is 0 Å². The third kappa shape index (κ3) is 3.95. The average Bonchev–Trinajstić information content (AvgIpc) is 2.40. The summed E-state index contributed by atoms with van der Waals surface area (Å²) in [5, 5.41) is 3.24. The number of hydrogen-bond acceptors (Lipinski definition) is 0. The van der Waals surface area contributed by atoms with Crippen LogP contribution in [0.4, 0.5) is 0 Å². The first-order chi connectivity index (χ1) is 8.92. The van der Waals surface area contributed by atoms with E-state index in [1.807, 2.05) is 0 Å². The molecule has 3 heteroatoms. The van der Waals surface area contributed by atoms with Gasteiger partial charge in [0.15, 0.2) is 0 Å². The maximum atomic E-state index is 2.55. The first kappa shape index (κ1) is 15.3. The molecule has 0 atom stereocenters. The summed E-state index contributed by atoms with van der Waals surface area (Å²) in [5.41, 5.74) is -2.53. The second-order valence-electron chi connectivity index (χ2n) is 5.65. The Morgan fingerprint density at radius 2 is 0.895 bits per heavy atom. The van der Waals surface area contributed by atoms with E-state index in [-0.39, 0.29) is 0 Å². The van der Waals surface area contributed by atoms with Crippen LogP contribution < -0.4 is 10.6 Å². The van der Waals surface area contributed by atoms with Crippen molar-refractivity contribution in [2.75, 3.05) is 26.7 Å². The van der Waals surface area contributed by atoms with Crippen molar-refractivity contribution in [2.45, 2.75) is 0 Å². The molecule has 0 unspecified atom stereocenters. The Hall–Kier alpha value is -0.0766. The zero-order valence-electron chi connectivity index (χ0n) is 12.1. The molecule has 2 rings (SSSR count). The van der Waals surface area contributed by atoms with Crippen LogP contribution in [-0.4, -0.2) is 26.7 Å². The zero-order chi connectivity index (χ0) is 13.9. The van der Waals surface area contributed by atoms with Gasteiger partial charge in [-0.15, -0.1) is 0 Å². The molecular weight excluding hydrogens is 357 g/mol. The van der Waals surface area contributed by atoms with Gasteiger partial charge in [0.25, 0.3) is 0 Å². The van der Waals surface area contributed by atoms with Crippen molar-refractivity contribution in [2.24, 2.45) is 0 Å². The predicted octanol–water partition coefficient (Wildman–Crippen LogP) is 3.57. The molecule has 19 heavy (non-hydrogen) atoms. The molecular formula is C16H24P2Rh. The summed E-state index contributed by atoms with van der Waals surface area (Å²) in [6, 6.07) is 22.4. The SMILES string of the molecule is C[PH](C)([Rh][PH](C)(C)c1ccccc1)c1ccccc1. The van der Waals surface area contributed by atoms with Crippen molar-refractivity contribution in [3.05, 3.63) is 60.7 Å². The molecule has 0 fully saturated rings. The van der Waals surface area contributed by atoms with Gasteiger partial charge in [-0.05, 0) is 0 Å². The number of hydrogen-bond donors (Lipinski definition) is 0. The van der Waals surface area contributed by atoms with Crippen LogP contribution in [0.3, 0.4) is 0 Å². The van der Waals surface area contributed by atoms with E-state index in [0.717, 1.165) is 0 Å². The first-order valence-corrected chi connectivity index (χ1v) is 17.2. The number of rotatable bonds is 4. The van der Waals surface area contributed by atoms with E-state index in [1.54, 1.807) is 10.6 Å². The minimum absolute atomic E-state index is 0.674. The van der Waals surface area contributed by atoms with Gasteiger partial charge in [0, 0.05) is 0 Å². The van der Waals surface area contributed by atoms with E-state index in [1.165, 1.54) is 0 Å². The van der Waals surface area contributed by atoms with Crippen molar-refractivity contribution >= 4 is 21.8 Å². The molecule has 2 aromatic carbocycles. The van der Waals surface area contributed by atoms with Crippen LogP contribution in [0.15, 0.2) is 60.7 Å². The summed E-state index contributed by atoms with van der Waals surface area (Å²) in [4.78, 5) is 0. The third-order valence-electron chi connectivity index (χ3n) is 3.31. The van der Waals surface area contributed by atoms with E-state index in [4.69, 9.17) is 0 Å². The average molecular weight is 381 g/mol. The van der Waals surface area contributed by atoms with Gasteiger partial charge in [0.2, 0.25) is 0 Å². The van der Waals surface area contributed by atoms with Crippen molar-refractivity contribution < 1.29 is 16.2 Å². The third-order valence-corrected chi connectivity index (χ3v) is 31.3. The Kier molecular flexibility index (Phi) is 4.95. The topological polar surface area (TPSA) is 0 Å². The Morgan fingerprint density at radius 1 is 0.579 bits per heavy atom. The van der Waals surface area contributed by atoms with Crippen molar-refractivity contribution in [1.29, 1.82) is 0 Å². The van der Waals surface area contributed by atoms with Crippen LogP contribution in [0.5, 0.6) is 0 Å². The van der Waals surface area contributed by atoms with Gasteiger partial charge >= 0.3 is 125 Å². The normalized spacial score (nSPS) is 14.3.